The number of fused-ring (bicyclic) bond motifs is 1. The van der Waals surface area contributed by atoms with Crippen molar-refractivity contribution in [3.8, 4) is 6.07 Å². The number of carbonyl (C=O) groups is 1. The van der Waals surface area contributed by atoms with Gasteiger partial charge in [0.05, 0.1) is 6.07 Å². The summed E-state index contributed by atoms with van der Waals surface area (Å²) < 4.78 is 5.32. The van der Waals surface area contributed by atoms with Crippen molar-refractivity contribution in [3.63, 3.8) is 0 Å². The molecule has 0 saturated carbocycles. The van der Waals surface area contributed by atoms with E-state index in [4.69, 9.17) is 4.74 Å². The quantitative estimate of drug-likeness (QED) is 0.717. The molecular formula is C15H23N3O2. The van der Waals surface area contributed by atoms with Crippen LogP contribution >= 0.6 is 0 Å². The van der Waals surface area contributed by atoms with Crippen LogP contribution in [0.5, 0.6) is 0 Å². The van der Waals surface area contributed by atoms with Crippen LogP contribution in [0.1, 0.15) is 32.1 Å². The molecule has 0 bridgehead atoms. The largest absolute Gasteiger partial charge is 0.381 e. The highest BCUT2D eigenvalue weighted by Crippen LogP contribution is 2.33. The fraction of sp³-hybridized carbons (Fsp3) is 0.867. The van der Waals surface area contributed by atoms with Gasteiger partial charge in [-0.05, 0) is 32.2 Å². The lowest BCUT2D eigenvalue weighted by molar-refractivity contribution is -0.147. The third-order valence-electron chi connectivity index (χ3n) is 5.09. The van der Waals surface area contributed by atoms with Crippen molar-refractivity contribution in [2.24, 2.45) is 5.41 Å². The summed E-state index contributed by atoms with van der Waals surface area (Å²) in [7, 11) is 0. The zero-order valence-electron chi connectivity index (χ0n) is 12.0. The Bertz CT molecular complexity index is 412. The van der Waals surface area contributed by atoms with Crippen LogP contribution in [0.25, 0.3) is 0 Å². The van der Waals surface area contributed by atoms with Crippen molar-refractivity contribution >= 4 is 5.91 Å². The van der Waals surface area contributed by atoms with E-state index < -0.39 is 5.41 Å². The molecule has 1 amide bonds. The van der Waals surface area contributed by atoms with E-state index in [2.05, 4.69) is 11.0 Å². The van der Waals surface area contributed by atoms with Crippen molar-refractivity contribution in [3.05, 3.63) is 0 Å². The Morgan fingerprint density at radius 2 is 2.00 bits per heavy atom. The first-order valence-corrected chi connectivity index (χ1v) is 7.78. The van der Waals surface area contributed by atoms with E-state index in [-0.39, 0.29) is 5.91 Å². The molecule has 0 aromatic rings. The summed E-state index contributed by atoms with van der Waals surface area (Å²) in [6.45, 7) is 4.78. The number of ether oxygens (including phenoxy) is 1. The van der Waals surface area contributed by atoms with Gasteiger partial charge < -0.3 is 9.64 Å². The second kappa shape index (κ2) is 5.71. The number of piperidine rings is 1. The maximum Gasteiger partial charge on any atom is 0.243 e. The van der Waals surface area contributed by atoms with Crippen molar-refractivity contribution < 1.29 is 9.53 Å². The Balaban J connectivity index is 1.69. The molecule has 0 aliphatic carbocycles. The number of hydrogen-bond donors (Lipinski definition) is 0. The van der Waals surface area contributed by atoms with Gasteiger partial charge in [-0.2, -0.15) is 5.26 Å². The Labute approximate surface area is 120 Å². The number of carbonyl (C=O) groups excluding carboxylic acids is 1. The van der Waals surface area contributed by atoms with E-state index >= 15 is 0 Å². The van der Waals surface area contributed by atoms with Crippen molar-refractivity contribution in [2.75, 3.05) is 39.4 Å². The number of rotatable bonds is 1. The first-order chi connectivity index (χ1) is 9.75. The van der Waals surface area contributed by atoms with Crippen LogP contribution in [-0.2, 0) is 9.53 Å². The zero-order valence-corrected chi connectivity index (χ0v) is 12.0. The van der Waals surface area contributed by atoms with Crippen molar-refractivity contribution in [1.82, 2.24) is 9.80 Å². The van der Waals surface area contributed by atoms with Crippen LogP contribution in [0, 0.1) is 16.7 Å². The smallest absolute Gasteiger partial charge is 0.243 e. The molecule has 20 heavy (non-hydrogen) atoms. The van der Waals surface area contributed by atoms with E-state index in [0.29, 0.717) is 32.1 Å². The van der Waals surface area contributed by atoms with Crippen LogP contribution in [0.2, 0.25) is 0 Å². The van der Waals surface area contributed by atoms with Gasteiger partial charge in [-0.25, -0.2) is 0 Å². The SMILES string of the molecule is N#CC1(C(=O)N2CCN3CCCCC3C2)CCOCC1. The molecule has 1 unspecified atom stereocenters. The third kappa shape index (κ3) is 2.43. The Morgan fingerprint density at radius 3 is 2.75 bits per heavy atom. The maximum absolute atomic E-state index is 12.8. The molecule has 3 rings (SSSR count). The van der Waals surface area contributed by atoms with E-state index in [1.807, 2.05) is 4.90 Å². The summed E-state index contributed by atoms with van der Waals surface area (Å²) in [5.41, 5.74) is -0.824. The highest BCUT2D eigenvalue weighted by atomic mass is 16.5. The van der Waals surface area contributed by atoms with Crippen molar-refractivity contribution in [1.29, 1.82) is 5.26 Å². The highest BCUT2D eigenvalue weighted by Gasteiger charge is 2.44. The zero-order chi connectivity index (χ0) is 14.0. The highest BCUT2D eigenvalue weighted by molar-refractivity contribution is 5.85. The van der Waals surface area contributed by atoms with Crippen molar-refractivity contribution in [2.45, 2.75) is 38.1 Å². The number of hydrogen-bond acceptors (Lipinski definition) is 4. The molecule has 0 aromatic heterocycles. The summed E-state index contributed by atoms with van der Waals surface area (Å²) in [5, 5.41) is 9.51. The van der Waals surface area contributed by atoms with Gasteiger partial charge in [-0.1, -0.05) is 6.42 Å². The molecule has 5 heteroatoms. The lowest BCUT2D eigenvalue weighted by Gasteiger charge is -2.46. The van der Waals surface area contributed by atoms with E-state index in [0.717, 1.165) is 19.6 Å². The van der Waals surface area contributed by atoms with Gasteiger partial charge in [0.15, 0.2) is 0 Å². The monoisotopic (exact) mass is 277 g/mol. The minimum absolute atomic E-state index is 0.0496. The summed E-state index contributed by atoms with van der Waals surface area (Å²) >= 11 is 0. The van der Waals surface area contributed by atoms with Crippen LogP contribution in [0.15, 0.2) is 0 Å². The van der Waals surface area contributed by atoms with E-state index in [9.17, 15) is 10.1 Å². The third-order valence-corrected chi connectivity index (χ3v) is 5.09. The Kier molecular flexibility index (Phi) is 3.95. The summed E-state index contributed by atoms with van der Waals surface area (Å²) in [4.78, 5) is 17.3. The molecule has 1 atom stereocenters. The second-order valence-electron chi connectivity index (χ2n) is 6.24. The van der Waals surface area contributed by atoms with Gasteiger partial charge in [0.1, 0.15) is 5.41 Å². The minimum Gasteiger partial charge on any atom is -0.381 e. The molecule has 3 fully saturated rings. The molecule has 3 aliphatic heterocycles. The average molecular weight is 277 g/mol. The average Bonchev–Trinajstić information content (AvgIpc) is 2.54. The van der Waals surface area contributed by atoms with Gasteiger partial charge >= 0.3 is 0 Å². The molecule has 0 radical (unpaired) electrons. The van der Waals surface area contributed by atoms with Gasteiger partial charge in [0, 0.05) is 38.9 Å². The number of amides is 1. The van der Waals surface area contributed by atoms with Gasteiger partial charge in [-0.3, -0.25) is 9.69 Å². The van der Waals surface area contributed by atoms with E-state index in [1.54, 1.807) is 0 Å². The molecule has 0 spiro atoms. The van der Waals surface area contributed by atoms with E-state index in [1.165, 1.54) is 25.8 Å². The minimum atomic E-state index is -0.824. The Morgan fingerprint density at radius 1 is 1.20 bits per heavy atom. The normalized spacial score (nSPS) is 30.4. The van der Waals surface area contributed by atoms with Crippen LogP contribution in [-0.4, -0.2) is 61.1 Å². The first kappa shape index (κ1) is 13.8. The topological polar surface area (TPSA) is 56.6 Å². The number of nitriles is 1. The fourth-order valence-electron chi connectivity index (χ4n) is 3.74. The fourth-order valence-corrected chi connectivity index (χ4v) is 3.74. The summed E-state index contributed by atoms with van der Waals surface area (Å²) in [6, 6.07) is 2.81. The van der Waals surface area contributed by atoms with Gasteiger partial charge in [0.25, 0.3) is 0 Å². The predicted octanol–water partition coefficient (Wildman–Crippen LogP) is 1.00. The predicted molar refractivity (Wildman–Crippen MR) is 73.9 cm³/mol. The summed E-state index contributed by atoms with van der Waals surface area (Å²) in [5.74, 6) is 0.0496. The van der Waals surface area contributed by atoms with Crippen LogP contribution < -0.4 is 0 Å². The molecular weight excluding hydrogens is 254 g/mol. The lowest BCUT2D eigenvalue weighted by Crippen LogP contribution is -2.59. The molecule has 3 saturated heterocycles. The van der Waals surface area contributed by atoms with Gasteiger partial charge in [0.2, 0.25) is 5.91 Å². The molecule has 3 aliphatic rings. The summed E-state index contributed by atoms with van der Waals surface area (Å²) in [6.07, 6.45) is 4.83. The molecule has 3 heterocycles. The maximum atomic E-state index is 12.8. The molecule has 110 valence electrons. The first-order valence-electron chi connectivity index (χ1n) is 7.78. The Hall–Kier alpha value is -1.12. The molecule has 0 N–H and O–H groups in total. The van der Waals surface area contributed by atoms with Crippen LogP contribution in [0.3, 0.4) is 0 Å². The standard InChI is InChI=1S/C15H23N3O2/c16-12-15(4-9-20-10-5-15)14(19)18-8-7-17-6-2-1-3-13(17)11-18/h13H,1-11H2. The van der Waals surface area contributed by atoms with Gasteiger partial charge in [-0.15, -0.1) is 0 Å². The molecule has 5 nitrogen and oxygen atoms in total. The molecule has 0 aromatic carbocycles. The number of piperazine rings is 1. The van der Waals surface area contributed by atoms with Crippen LogP contribution in [0.4, 0.5) is 0 Å². The lowest BCUT2D eigenvalue weighted by atomic mass is 9.80. The second-order valence-corrected chi connectivity index (χ2v) is 6.24. The number of nitrogens with zero attached hydrogens (tertiary/aromatic N) is 3.